The van der Waals surface area contributed by atoms with Crippen molar-refractivity contribution in [1.82, 2.24) is 19.7 Å². The van der Waals surface area contributed by atoms with Crippen LogP contribution in [0, 0.1) is 19.7 Å². The van der Waals surface area contributed by atoms with E-state index in [-0.39, 0.29) is 5.56 Å². The van der Waals surface area contributed by atoms with E-state index in [4.69, 9.17) is 0 Å². The standard InChI is InChI=1S/C23H21F4N5/c1-11-18(15-7-5-6-14-13(9-23(25,26)27)10-28-19(14)15)16(24)8-17-20(11)32-12(2)30-31-21(32)22(3,4)29-17/h5-8,10,28-29H,9H2,1-4H3. The predicted octanol–water partition coefficient (Wildman–Crippen LogP) is 5.94. The lowest BCUT2D eigenvalue weighted by Gasteiger charge is -2.35. The van der Waals surface area contributed by atoms with Gasteiger partial charge in [-0.3, -0.25) is 4.57 Å². The van der Waals surface area contributed by atoms with Crippen LogP contribution in [0.5, 0.6) is 0 Å². The van der Waals surface area contributed by atoms with E-state index in [1.54, 1.807) is 25.1 Å². The molecule has 1 aliphatic heterocycles. The molecule has 4 aromatic rings. The zero-order chi connectivity index (χ0) is 23.0. The van der Waals surface area contributed by atoms with Crippen LogP contribution in [0.4, 0.5) is 23.2 Å². The monoisotopic (exact) mass is 443 g/mol. The lowest BCUT2D eigenvalue weighted by atomic mass is 9.92. The summed E-state index contributed by atoms with van der Waals surface area (Å²) in [4.78, 5) is 2.94. The molecule has 0 fully saturated rings. The molecule has 5 nitrogen and oxygen atoms in total. The average Bonchev–Trinajstić information content (AvgIpc) is 3.25. The van der Waals surface area contributed by atoms with Crippen LogP contribution >= 0.6 is 0 Å². The number of nitrogens with zero attached hydrogens (tertiary/aromatic N) is 3. The number of nitrogens with one attached hydrogen (secondary N) is 2. The number of hydrogen-bond acceptors (Lipinski definition) is 3. The zero-order valence-electron chi connectivity index (χ0n) is 17.9. The van der Waals surface area contributed by atoms with Crippen molar-refractivity contribution >= 4 is 16.6 Å². The van der Waals surface area contributed by atoms with Crippen molar-refractivity contribution in [3.63, 3.8) is 0 Å². The summed E-state index contributed by atoms with van der Waals surface area (Å²) in [6, 6.07) is 6.42. The van der Waals surface area contributed by atoms with Gasteiger partial charge in [0.15, 0.2) is 5.82 Å². The van der Waals surface area contributed by atoms with Crippen LogP contribution < -0.4 is 5.32 Å². The molecule has 3 heterocycles. The number of fused-ring (bicyclic) bond motifs is 4. The molecule has 1 aliphatic rings. The highest BCUT2D eigenvalue weighted by Gasteiger charge is 2.36. The molecule has 166 valence electrons. The molecule has 0 bridgehead atoms. The maximum Gasteiger partial charge on any atom is 0.393 e. The predicted molar refractivity (Wildman–Crippen MR) is 114 cm³/mol. The van der Waals surface area contributed by atoms with E-state index in [9.17, 15) is 13.2 Å². The summed E-state index contributed by atoms with van der Waals surface area (Å²) in [5, 5.41) is 12.3. The van der Waals surface area contributed by atoms with Gasteiger partial charge >= 0.3 is 6.18 Å². The first kappa shape index (κ1) is 20.5. The SMILES string of the molecule is Cc1c(-c2cccc3c(CC(F)(F)F)c[nH]c23)c(F)cc2c1-n1c(C)nnc1C(C)(C)N2. The Balaban J connectivity index is 1.76. The fraction of sp³-hybridized carbons (Fsp3) is 0.304. The van der Waals surface area contributed by atoms with Crippen molar-refractivity contribution < 1.29 is 17.6 Å². The number of alkyl halides is 3. The summed E-state index contributed by atoms with van der Waals surface area (Å²) in [5.41, 5.74) is 2.87. The summed E-state index contributed by atoms with van der Waals surface area (Å²) in [7, 11) is 0. The number of aromatic nitrogens is 4. The molecule has 5 rings (SSSR count). The average molecular weight is 443 g/mol. The number of aromatic amines is 1. The van der Waals surface area contributed by atoms with Crippen LogP contribution in [-0.4, -0.2) is 25.9 Å². The molecule has 0 saturated carbocycles. The minimum atomic E-state index is -4.33. The van der Waals surface area contributed by atoms with Crippen molar-refractivity contribution in [2.75, 3.05) is 5.32 Å². The van der Waals surface area contributed by atoms with Crippen molar-refractivity contribution in [3.05, 3.63) is 59.1 Å². The summed E-state index contributed by atoms with van der Waals surface area (Å²) in [5.74, 6) is 0.911. The Hall–Kier alpha value is -3.36. The van der Waals surface area contributed by atoms with Gasteiger partial charge in [-0.05, 0) is 44.9 Å². The van der Waals surface area contributed by atoms with E-state index in [1.807, 2.05) is 25.3 Å². The molecule has 0 spiro atoms. The number of para-hydroxylation sites is 1. The van der Waals surface area contributed by atoms with E-state index >= 15 is 4.39 Å². The molecule has 32 heavy (non-hydrogen) atoms. The maximum atomic E-state index is 15.5. The van der Waals surface area contributed by atoms with Crippen molar-refractivity contribution in [3.8, 4) is 16.8 Å². The van der Waals surface area contributed by atoms with Crippen molar-refractivity contribution in [1.29, 1.82) is 0 Å². The number of benzene rings is 2. The smallest absolute Gasteiger partial charge is 0.371 e. The molecule has 0 saturated heterocycles. The topological polar surface area (TPSA) is 58.5 Å². The summed E-state index contributed by atoms with van der Waals surface area (Å²) in [6.45, 7) is 7.52. The van der Waals surface area contributed by atoms with Gasteiger partial charge < -0.3 is 10.3 Å². The van der Waals surface area contributed by atoms with Gasteiger partial charge in [0.1, 0.15) is 11.6 Å². The fourth-order valence-corrected chi connectivity index (χ4v) is 4.69. The van der Waals surface area contributed by atoms with Crippen molar-refractivity contribution in [2.45, 2.75) is 45.8 Å². The molecule has 0 amide bonds. The molecule has 0 unspecified atom stereocenters. The molecular formula is C23H21F4N5. The first-order chi connectivity index (χ1) is 15.0. The van der Waals surface area contributed by atoms with Crippen LogP contribution in [-0.2, 0) is 12.0 Å². The number of rotatable bonds is 2. The van der Waals surface area contributed by atoms with E-state index in [0.717, 1.165) is 5.69 Å². The van der Waals surface area contributed by atoms with Gasteiger partial charge in [-0.15, -0.1) is 10.2 Å². The minimum absolute atomic E-state index is 0.130. The Bertz CT molecular complexity index is 1380. The first-order valence-electron chi connectivity index (χ1n) is 10.2. The molecular weight excluding hydrogens is 422 g/mol. The lowest BCUT2D eigenvalue weighted by Crippen LogP contribution is -2.36. The van der Waals surface area contributed by atoms with Gasteiger partial charge in [0.25, 0.3) is 0 Å². The van der Waals surface area contributed by atoms with Gasteiger partial charge in [-0.1, -0.05) is 18.2 Å². The largest absolute Gasteiger partial charge is 0.393 e. The highest BCUT2D eigenvalue weighted by Crippen LogP contribution is 2.44. The Morgan fingerprint density at radius 1 is 1.12 bits per heavy atom. The normalized spacial score (nSPS) is 14.9. The van der Waals surface area contributed by atoms with E-state index in [1.165, 1.54) is 12.3 Å². The third-order valence-electron chi connectivity index (χ3n) is 6.01. The molecule has 0 atom stereocenters. The van der Waals surface area contributed by atoms with Crippen LogP contribution in [0.1, 0.15) is 36.6 Å². The number of anilines is 1. The van der Waals surface area contributed by atoms with E-state index < -0.39 is 24.0 Å². The first-order valence-corrected chi connectivity index (χ1v) is 10.2. The van der Waals surface area contributed by atoms with E-state index in [0.29, 0.717) is 44.9 Å². The van der Waals surface area contributed by atoms with Crippen LogP contribution in [0.25, 0.3) is 27.7 Å². The fourth-order valence-electron chi connectivity index (χ4n) is 4.69. The van der Waals surface area contributed by atoms with Gasteiger partial charge in [-0.25, -0.2) is 4.39 Å². The van der Waals surface area contributed by atoms with Gasteiger partial charge in [0, 0.05) is 22.7 Å². The highest BCUT2D eigenvalue weighted by molar-refractivity contribution is 5.98. The Morgan fingerprint density at radius 2 is 1.88 bits per heavy atom. The van der Waals surface area contributed by atoms with Crippen LogP contribution in [0.15, 0.2) is 30.5 Å². The van der Waals surface area contributed by atoms with Crippen LogP contribution in [0.3, 0.4) is 0 Å². The number of H-pyrrole nitrogens is 1. The van der Waals surface area contributed by atoms with Crippen LogP contribution in [0.2, 0.25) is 0 Å². The van der Waals surface area contributed by atoms with Gasteiger partial charge in [-0.2, -0.15) is 13.2 Å². The molecule has 2 aromatic carbocycles. The molecule has 0 radical (unpaired) electrons. The van der Waals surface area contributed by atoms with Gasteiger partial charge in [0.05, 0.1) is 28.9 Å². The third-order valence-corrected chi connectivity index (χ3v) is 6.01. The summed E-state index contributed by atoms with van der Waals surface area (Å²) in [6.07, 6.45) is -4.04. The number of hydrogen-bond donors (Lipinski definition) is 2. The Labute approximate surface area is 181 Å². The zero-order valence-corrected chi connectivity index (χ0v) is 17.9. The molecule has 2 aromatic heterocycles. The molecule has 9 heteroatoms. The second-order valence-corrected chi connectivity index (χ2v) is 8.74. The second kappa shape index (κ2) is 6.57. The number of halogens is 4. The minimum Gasteiger partial charge on any atom is -0.371 e. The third kappa shape index (κ3) is 2.98. The van der Waals surface area contributed by atoms with E-state index in [2.05, 4.69) is 20.5 Å². The van der Waals surface area contributed by atoms with Crippen molar-refractivity contribution in [2.24, 2.45) is 0 Å². The Kier molecular flexibility index (Phi) is 4.22. The second-order valence-electron chi connectivity index (χ2n) is 8.74. The number of aryl methyl sites for hydroxylation is 1. The Morgan fingerprint density at radius 3 is 2.59 bits per heavy atom. The summed E-state index contributed by atoms with van der Waals surface area (Å²) < 4.78 is 56.4. The lowest BCUT2D eigenvalue weighted by molar-refractivity contribution is -0.127. The maximum absolute atomic E-state index is 15.5. The molecule has 2 N–H and O–H groups in total. The quantitative estimate of drug-likeness (QED) is 0.377. The van der Waals surface area contributed by atoms with Gasteiger partial charge in [0.2, 0.25) is 0 Å². The summed E-state index contributed by atoms with van der Waals surface area (Å²) >= 11 is 0. The molecule has 0 aliphatic carbocycles. The highest BCUT2D eigenvalue weighted by atomic mass is 19.4.